The van der Waals surface area contributed by atoms with Gasteiger partial charge in [0.25, 0.3) is 0 Å². The van der Waals surface area contributed by atoms with Gasteiger partial charge in [-0.05, 0) is 60.2 Å². The molecule has 1 N–H and O–H groups in total. The summed E-state index contributed by atoms with van der Waals surface area (Å²) in [4.78, 5) is 55.6. The minimum atomic E-state index is -0.814. The van der Waals surface area contributed by atoms with E-state index in [0.29, 0.717) is 37.1 Å². The second kappa shape index (κ2) is 11.4. The van der Waals surface area contributed by atoms with E-state index in [-0.39, 0.29) is 22.3 Å². The molecule has 0 unspecified atom stereocenters. The number of thiazole rings is 1. The van der Waals surface area contributed by atoms with Gasteiger partial charge in [0, 0.05) is 21.5 Å². The van der Waals surface area contributed by atoms with Gasteiger partial charge in [0.05, 0.1) is 33.8 Å². The fourth-order valence-corrected chi connectivity index (χ4v) is 8.39. The van der Waals surface area contributed by atoms with Crippen LogP contribution < -0.4 is 19.8 Å². The quantitative estimate of drug-likeness (QED) is 0.244. The van der Waals surface area contributed by atoms with E-state index in [1.807, 2.05) is 0 Å². The van der Waals surface area contributed by atoms with Crippen LogP contribution in [0.3, 0.4) is 0 Å². The number of hydrogen-bond acceptors (Lipinski definition) is 7. The third-order valence-electron chi connectivity index (χ3n) is 7.11. The molecule has 0 bridgehead atoms. The molecule has 1 aromatic heterocycles. The summed E-state index contributed by atoms with van der Waals surface area (Å²) in [6.07, 6.45) is 0. The maximum atomic E-state index is 14.0. The van der Waals surface area contributed by atoms with Crippen LogP contribution in [-0.2, 0) is 20.9 Å². The SMILES string of the molecule is COc1ccc(N2C(=O)[C@H]3[C@H](c4ccc(Cl)cc4)c4sc(=O)n(CC(=O)Nc5ccc(Cl)c(Cl)c5)c4S[C@H]3C2=O)cc1. The molecular formula is C29H20Cl3N3O5S2. The Balaban J connectivity index is 1.39. The number of ether oxygens (including phenoxy) is 1. The molecule has 3 atom stereocenters. The number of nitrogens with one attached hydrogen (secondary N) is 1. The van der Waals surface area contributed by atoms with Gasteiger partial charge in [0.2, 0.25) is 17.7 Å². The smallest absolute Gasteiger partial charge is 0.308 e. The number of benzene rings is 3. The molecule has 2 aliphatic heterocycles. The highest BCUT2D eigenvalue weighted by Crippen LogP contribution is 2.54. The summed E-state index contributed by atoms with van der Waals surface area (Å²) in [5.41, 5.74) is 1.59. The highest BCUT2D eigenvalue weighted by molar-refractivity contribution is 8.00. The number of carbonyl (C=O) groups excluding carboxylic acids is 3. The molecule has 42 heavy (non-hydrogen) atoms. The lowest BCUT2D eigenvalue weighted by molar-refractivity contribution is -0.122. The van der Waals surface area contributed by atoms with Gasteiger partial charge in [-0.15, -0.1) is 0 Å². The first-order valence-electron chi connectivity index (χ1n) is 12.6. The van der Waals surface area contributed by atoms with Gasteiger partial charge >= 0.3 is 4.87 Å². The van der Waals surface area contributed by atoms with Crippen LogP contribution in [0.5, 0.6) is 5.75 Å². The average Bonchev–Trinajstić information content (AvgIpc) is 3.41. The average molecular weight is 661 g/mol. The van der Waals surface area contributed by atoms with Crippen LogP contribution in [0, 0.1) is 5.92 Å². The van der Waals surface area contributed by atoms with E-state index in [1.54, 1.807) is 60.7 Å². The number of methoxy groups -OCH3 is 1. The second-order valence-corrected chi connectivity index (χ2v) is 13.0. The first-order chi connectivity index (χ1) is 20.2. The van der Waals surface area contributed by atoms with Crippen molar-refractivity contribution in [2.75, 3.05) is 17.3 Å². The topological polar surface area (TPSA) is 97.7 Å². The number of fused-ring (bicyclic) bond motifs is 2. The van der Waals surface area contributed by atoms with E-state index in [9.17, 15) is 19.2 Å². The first-order valence-corrected chi connectivity index (χ1v) is 15.4. The van der Waals surface area contributed by atoms with Crippen LogP contribution >= 0.6 is 57.9 Å². The van der Waals surface area contributed by atoms with Crippen molar-refractivity contribution < 1.29 is 19.1 Å². The number of aromatic nitrogens is 1. The Morgan fingerprint density at radius 3 is 2.31 bits per heavy atom. The summed E-state index contributed by atoms with van der Waals surface area (Å²) < 4.78 is 6.57. The van der Waals surface area contributed by atoms with Crippen LogP contribution in [0.4, 0.5) is 11.4 Å². The fraction of sp³-hybridized carbons (Fsp3) is 0.172. The van der Waals surface area contributed by atoms with Crippen LogP contribution in [0.2, 0.25) is 15.1 Å². The summed E-state index contributed by atoms with van der Waals surface area (Å²) in [5.74, 6) is -1.99. The normalized spacial score (nSPS) is 19.4. The summed E-state index contributed by atoms with van der Waals surface area (Å²) in [5, 5.41) is 3.53. The molecular weight excluding hydrogens is 641 g/mol. The Hall–Kier alpha value is -3.28. The van der Waals surface area contributed by atoms with Crippen molar-refractivity contribution >= 4 is 87.0 Å². The molecule has 4 aromatic rings. The number of rotatable bonds is 6. The minimum absolute atomic E-state index is 0.276. The molecule has 0 spiro atoms. The number of amides is 3. The van der Waals surface area contributed by atoms with E-state index < -0.39 is 28.9 Å². The Morgan fingerprint density at radius 2 is 1.64 bits per heavy atom. The van der Waals surface area contributed by atoms with Gasteiger partial charge in [-0.2, -0.15) is 0 Å². The van der Waals surface area contributed by atoms with Crippen molar-refractivity contribution in [3.63, 3.8) is 0 Å². The molecule has 6 rings (SSSR count). The van der Waals surface area contributed by atoms with Crippen molar-refractivity contribution in [2.45, 2.75) is 22.7 Å². The maximum absolute atomic E-state index is 14.0. The molecule has 214 valence electrons. The number of halogens is 3. The zero-order valence-corrected chi connectivity index (χ0v) is 25.6. The molecule has 3 aromatic carbocycles. The fourth-order valence-electron chi connectivity index (χ4n) is 5.19. The van der Waals surface area contributed by atoms with E-state index >= 15 is 0 Å². The van der Waals surface area contributed by atoms with Gasteiger partial charge in [-0.1, -0.05) is 70.0 Å². The van der Waals surface area contributed by atoms with E-state index in [2.05, 4.69) is 5.32 Å². The molecule has 0 aliphatic carbocycles. The Morgan fingerprint density at radius 1 is 0.929 bits per heavy atom. The van der Waals surface area contributed by atoms with Crippen molar-refractivity contribution in [3.05, 3.63) is 102 Å². The predicted molar refractivity (Wildman–Crippen MR) is 166 cm³/mol. The van der Waals surface area contributed by atoms with Gasteiger partial charge in [-0.25, -0.2) is 4.90 Å². The largest absolute Gasteiger partial charge is 0.497 e. The van der Waals surface area contributed by atoms with E-state index in [4.69, 9.17) is 39.5 Å². The van der Waals surface area contributed by atoms with Gasteiger partial charge in [-0.3, -0.25) is 23.7 Å². The van der Waals surface area contributed by atoms with Crippen molar-refractivity contribution in [1.82, 2.24) is 4.57 Å². The molecule has 2 aliphatic rings. The molecule has 3 heterocycles. The molecule has 8 nitrogen and oxygen atoms in total. The maximum Gasteiger partial charge on any atom is 0.308 e. The van der Waals surface area contributed by atoms with E-state index in [1.165, 1.54) is 22.6 Å². The third-order valence-corrected chi connectivity index (χ3v) is 10.7. The van der Waals surface area contributed by atoms with Crippen LogP contribution in [0.15, 0.2) is 76.6 Å². The van der Waals surface area contributed by atoms with Crippen molar-refractivity contribution in [3.8, 4) is 5.75 Å². The standard InChI is InChI=1S/C29H20Cl3N3O5S2/c1-40-18-9-7-17(8-10-18)35-26(37)23-22(14-2-4-15(30)5-3-14)25-28(41-24(23)27(35)38)34(29(39)42-25)13-21(36)33-16-6-11-19(31)20(32)12-16/h2-12,22-24H,13H2,1H3,(H,33,36)/t22-,23-,24+/m0/s1. The van der Waals surface area contributed by atoms with E-state index in [0.717, 1.165) is 28.7 Å². The van der Waals surface area contributed by atoms with Gasteiger partial charge in [0.1, 0.15) is 17.5 Å². The summed E-state index contributed by atoms with van der Waals surface area (Å²) in [6.45, 7) is -0.299. The third kappa shape index (κ3) is 5.11. The number of imide groups is 1. The van der Waals surface area contributed by atoms with Crippen LogP contribution in [0.25, 0.3) is 0 Å². The van der Waals surface area contributed by atoms with Crippen molar-refractivity contribution in [1.29, 1.82) is 0 Å². The lowest BCUT2D eigenvalue weighted by atomic mass is 9.83. The second-order valence-electron chi connectivity index (χ2n) is 9.60. The lowest BCUT2D eigenvalue weighted by Gasteiger charge is -2.30. The molecule has 3 amide bonds. The molecule has 1 saturated heterocycles. The lowest BCUT2D eigenvalue weighted by Crippen LogP contribution is -2.33. The number of thioether (sulfide) groups is 1. The summed E-state index contributed by atoms with van der Waals surface area (Å²) >= 11 is 20.3. The molecule has 0 saturated carbocycles. The van der Waals surface area contributed by atoms with Gasteiger partial charge < -0.3 is 10.1 Å². The number of anilines is 2. The Kier molecular flexibility index (Phi) is 7.84. The summed E-state index contributed by atoms with van der Waals surface area (Å²) in [7, 11) is 1.53. The summed E-state index contributed by atoms with van der Waals surface area (Å²) in [6, 6.07) is 18.4. The Bertz CT molecular complexity index is 1790. The number of hydrogen-bond donors (Lipinski definition) is 1. The first kappa shape index (κ1) is 28.8. The van der Waals surface area contributed by atoms with Crippen molar-refractivity contribution in [2.24, 2.45) is 5.92 Å². The van der Waals surface area contributed by atoms with Crippen LogP contribution in [0.1, 0.15) is 16.4 Å². The minimum Gasteiger partial charge on any atom is -0.497 e. The molecule has 1 fully saturated rings. The Labute approximate surface area is 263 Å². The van der Waals surface area contributed by atoms with Gasteiger partial charge in [0.15, 0.2) is 0 Å². The zero-order chi connectivity index (χ0) is 29.7. The predicted octanol–water partition coefficient (Wildman–Crippen LogP) is 6.31. The zero-order valence-electron chi connectivity index (χ0n) is 21.7. The molecule has 0 radical (unpaired) electrons. The monoisotopic (exact) mass is 659 g/mol. The number of carbonyl (C=O) groups is 3. The number of nitrogens with zero attached hydrogens (tertiary/aromatic N) is 2. The molecule has 13 heteroatoms. The highest BCUT2D eigenvalue weighted by atomic mass is 35.5. The highest BCUT2D eigenvalue weighted by Gasteiger charge is 2.56. The van der Waals surface area contributed by atoms with Crippen LogP contribution in [-0.4, -0.2) is 34.6 Å².